The van der Waals surface area contributed by atoms with Crippen molar-refractivity contribution in [2.45, 2.75) is 25.6 Å². The molecule has 0 bridgehead atoms. The third-order valence-electron chi connectivity index (χ3n) is 5.69. The summed E-state index contributed by atoms with van der Waals surface area (Å²) >= 11 is 0. The van der Waals surface area contributed by atoms with Gasteiger partial charge in [-0.3, -0.25) is 4.90 Å². The predicted octanol–water partition coefficient (Wildman–Crippen LogP) is 4.90. The molecule has 0 amide bonds. The Labute approximate surface area is 183 Å². The second kappa shape index (κ2) is 9.01. The number of halogens is 3. The summed E-state index contributed by atoms with van der Waals surface area (Å²) in [5.41, 5.74) is 1.23. The molecule has 166 valence electrons. The minimum absolute atomic E-state index is 0.145. The number of hydrogen-bond acceptors (Lipinski definition) is 6. The average Bonchev–Trinajstić information content (AvgIpc) is 3.16. The molecule has 1 aliphatic rings. The van der Waals surface area contributed by atoms with Crippen LogP contribution in [0.25, 0.3) is 11.4 Å². The molecular weight excluding hydrogens is 419 g/mol. The van der Waals surface area contributed by atoms with Gasteiger partial charge < -0.3 is 9.42 Å². The van der Waals surface area contributed by atoms with Crippen molar-refractivity contribution < 1.29 is 17.7 Å². The molecule has 0 saturated carbocycles. The molecule has 9 heteroatoms. The van der Waals surface area contributed by atoms with E-state index in [0.29, 0.717) is 11.5 Å². The van der Waals surface area contributed by atoms with Gasteiger partial charge >= 0.3 is 6.18 Å². The van der Waals surface area contributed by atoms with Crippen LogP contribution in [0, 0.1) is 11.3 Å². The monoisotopic (exact) mass is 441 g/mol. The van der Waals surface area contributed by atoms with E-state index in [1.54, 1.807) is 0 Å². The third-order valence-corrected chi connectivity index (χ3v) is 5.69. The maximum atomic E-state index is 13.0. The van der Waals surface area contributed by atoms with Gasteiger partial charge in [0.15, 0.2) is 0 Å². The second-order valence-electron chi connectivity index (χ2n) is 7.75. The zero-order valence-corrected chi connectivity index (χ0v) is 17.5. The standard InChI is InChI=1S/C23H22F3N5O/c1-16(22-28-21(29-32-22)18-4-2-5-19(14-18)23(24,25)26)30-10-3-11-31(13-12-30)20-8-6-17(15-27)7-9-20/h2,4-9,14,16H,3,10-13H2,1H3. The molecule has 4 rings (SSSR count). The highest BCUT2D eigenvalue weighted by Crippen LogP contribution is 2.32. The fourth-order valence-electron chi connectivity index (χ4n) is 3.84. The van der Waals surface area contributed by atoms with E-state index in [1.165, 1.54) is 12.1 Å². The Morgan fingerprint density at radius 3 is 2.56 bits per heavy atom. The number of benzene rings is 2. The molecule has 2 aromatic carbocycles. The van der Waals surface area contributed by atoms with Gasteiger partial charge in [0.05, 0.1) is 23.2 Å². The molecule has 1 atom stereocenters. The molecular formula is C23H22F3N5O. The first-order valence-electron chi connectivity index (χ1n) is 10.4. The lowest BCUT2D eigenvalue weighted by atomic mass is 10.1. The van der Waals surface area contributed by atoms with Crippen molar-refractivity contribution in [1.82, 2.24) is 15.0 Å². The van der Waals surface area contributed by atoms with E-state index in [9.17, 15) is 13.2 Å². The van der Waals surface area contributed by atoms with Crippen LogP contribution in [0.2, 0.25) is 0 Å². The number of rotatable bonds is 4. The van der Waals surface area contributed by atoms with Crippen molar-refractivity contribution in [3.05, 3.63) is 65.5 Å². The van der Waals surface area contributed by atoms with Gasteiger partial charge in [-0.2, -0.15) is 23.4 Å². The molecule has 1 unspecified atom stereocenters. The van der Waals surface area contributed by atoms with Gasteiger partial charge in [-0.05, 0) is 49.7 Å². The largest absolute Gasteiger partial charge is 0.416 e. The topological polar surface area (TPSA) is 69.2 Å². The third kappa shape index (κ3) is 4.75. The SMILES string of the molecule is CC(c1nc(-c2cccc(C(F)(F)F)c2)no1)N1CCCN(c2ccc(C#N)cc2)CC1. The number of aromatic nitrogens is 2. The minimum Gasteiger partial charge on any atom is -0.370 e. The Hall–Kier alpha value is -3.38. The highest BCUT2D eigenvalue weighted by molar-refractivity contribution is 5.56. The van der Waals surface area contributed by atoms with Crippen molar-refractivity contribution in [3.63, 3.8) is 0 Å². The van der Waals surface area contributed by atoms with Crippen LogP contribution >= 0.6 is 0 Å². The Bertz CT molecular complexity index is 1100. The summed E-state index contributed by atoms with van der Waals surface area (Å²) in [5, 5.41) is 12.9. The molecule has 0 spiro atoms. The lowest BCUT2D eigenvalue weighted by Crippen LogP contribution is -2.32. The van der Waals surface area contributed by atoms with Crippen molar-refractivity contribution >= 4 is 5.69 Å². The van der Waals surface area contributed by atoms with E-state index in [1.807, 2.05) is 31.2 Å². The smallest absolute Gasteiger partial charge is 0.370 e. The maximum Gasteiger partial charge on any atom is 0.416 e. The van der Waals surface area contributed by atoms with Crippen molar-refractivity contribution in [2.75, 3.05) is 31.1 Å². The Kier molecular flexibility index (Phi) is 6.15. The van der Waals surface area contributed by atoms with Crippen LogP contribution in [-0.4, -0.2) is 41.2 Å². The van der Waals surface area contributed by atoms with Gasteiger partial charge in [-0.1, -0.05) is 17.3 Å². The van der Waals surface area contributed by atoms with Crippen LogP contribution in [0.15, 0.2) is 53.1 Å². The van der Waals surface area contributed by atoms with Crippen molar-refractivity contribution in [3.8, 4) is 17.5 Å². The molecule has 6 nitrogen and oxygen atoms in total. The van der Waals surface area contributed by atoms with Gasteiger partial charge in [0.25, 0.3) is 0 Å². The molecule has 1 aromatic heterocycles. The fourth-order valence-corrected chi connectivity index (χ4v) is 3.84. The molecule has 0 N–H and O–H groups in total. The quantitative estimate of drug-likeness (QED) is 0.574. The molecule has 1 saturated heterocycles. The molecule has 3 aromatic rings. The summed E-state index contributed by atoms with van der Waals surface area (Å²) < 4.78 is 44.4. The Morgan fingerprint density at radius 1 is 1.06 bits per heavy atom. The van der Waals surface area contributed by atoms with Gasteiger partial charge in [0, 0.05) is 37.4 Å². The van der Waals surface area contributed by atoms with E-state index in [0.717, 1.165) is 50.4 Å². The fraction of sp³-hybridized carbons (Fsp3) is 0.348. The summed E-state index contributed by atoms with van der Waals surface area (Å²) in [6.45, 7) is 5.23. The molecule has 0 aliphatic carbocycles. The molecule has 1 fully saturated rings. The number of alkyl halides is 3. The van der Waals surface area contributed by atoms with E-state index < -0.39 is 11.7 Å². The molecule has 1 aliphatic heterocycles. The highest BCUT2D eigenvalue weighted by atomic mass is 19.4. The average molecular weight is 441 g/mol. The number of anilines is 1. The number of hydrogen-bond donors (Lipinski definition) is 0. The van der Waals surface area contributed by atoms with E-state index >= 15 is 0 Å². The Morgan fingerprint density at radius 2 is 1.84 bits per heavy atom. The van der Waals surface area contributed by atoms with E-state index in [-0.39, 0.29) is 17.4 Å². The summed E-state index contributed by atoms with van der Waals surface area (Å²) in [4.78, 5) is 8.88. The number of nitrogens with zero attached hydrogens (tertiary/aromatic N) is 5. The van der Waals surface area contributed by atoms with Crippen LogP contribution in [-0.2, 0) is 6.18 Å². The second-order valence-corrected chi connectivity index (χ2v) is 7.75. The van der Waals surface area contributed by atoms with Crippen molar-refractivity contribution in [1.29, 1.82) is 5.26 Å². The summed E-state index contributed by atoms with van der Waals surface area (Å²) in [7, 11) is 0. The van der Waals surface area contributed by atoms with Gasteiger partial charge in [-0.25, -0.2) is 0 Å². The number of nitriles is 1. The summed E-state index contributed by atoms with van der Waals surface area (Å²) in [6, 6.07) is 14.4. The molecule has 0 radical (unpaired) electrons. The molecule has 32 heavy (non-hydrogen) atoms. The van der Waals surface area contributed by atoms with Crippen molar-refractivity contribution in [2.24, 2.45) is 0 Å². The van der Waals surface area contributed by atoms with E-state index in [4.69, 9.17) is 9.78 Å². The first-order valence-corrected chi connectivity index (χ1v) is 10.4. The summed E-state index contributed by atoms with van der Waals surface area (Å²) in [6.07, 6.45) is -3.50. The lowest BCUT2D eigenvalue weighted by molar-refractivity contribution is -0.137. The summed E-state index contributed by atoms with van der Waals surface area (Å²) in [5.74, 6) is 0.524. The van der Waals surface area contributed by atoms with Crippen LogP contribution in [0.5, 0.6) is 0 Å². The van der Waals surface area contributed by atoms with Crippen LogP contribution in [0.4, 0.5) is 18.9 Å². The first kappa shape index (κ1) is 21.8. The first-order chi connectivity index (χ1) is 15.3. The van der Waals surface area contributed by atoms with Gasteiger partial charge in [-0.15, -0.1) is 0 Å². The maximum absolute atomic E-state index is 13.0. The van der Waals surface area contributed by atoms with Crippen LogP contribution in [0.1, 0.15) is 36.4 Å². The normalized spacial score (nSPS) is 16.4. The Balaban J connectivity index is 1.44. The lowest BCUT2D eigenvalue weighted by Gasteiger charge is -2.26. The zero-order valence-electron chi connectivity index (χ0n) is 17.5. The highest BCUT2D eigenvalue weighted by Gasteiger charge is 2.31. The zero-order chi connectivity index (χ0) is 22.7. The van der Waals surface area contributed by atoms with E-state index in [2.05, 4.69) is 26.0 Å². The predicted molar refractivity (Wildman–Crippen MR) is 113 cm³/mol. The molecule has 2 heterocycles. The minimum atomic E-state index is -4.43. The van der Waals surface area contributed by atoms with Crippen LogP contribution < -0.4 is 4.90 Å². The van der Waals surface area contributed by atoms with Crippen LogP contribution in [0.3, 0.4) is 0 Å². The van der Waals surface area contributed by atoms with Gasteiger partial charge in [0.1, 0.15) is 0 Å². The van der Waals surface area contributed by atoms with Gasteiger partial charge in [0.2, 0.25) is 11.7 Å².